The highest BCUT2D eigenvalue weighted by Gasteiger charge is 2.58. The van der Waals surface area contributed by atoms with E-state index in [2.05, 4.69) is 36.2 Å². The minimum absolute atomic E-state index is 0.408. The average molecular weight is 248 g/mol. The molecule has 1 N–H and O–H groups in total. The van der Waals surface area contributed by atoms with Gasteiger partial charge in [-0.3, -0.25) is 4.68 Å². The second-order valence-electron chi connectivity index (χ2n) is 7.03. The predicted molar refractivity (Wildman–Crippen MR) is 70.9 cm³/mol. The predicted octanol–water partition coefficient (Wildman–Crippen LogP) is 2.12. The summed E-state index contributed by atoms with van der Waals surface area (Å²) in [5, 5.41) is 7.89. The maximum atomic E-state index is 4.30. The van der Waals surface area contributed by atoms with Crippen molar-refractivity contribution in [2.75, 3.05) is 0 Å². The van der Waals surface area contributed by atoms with Crippen molar-refractivity contribution in [3.63, 3.8) is 0 Å². The first kappa shape index (κ1) is 12.2. The van der Waals surface area contributed by atoms with Gasteiger partial charge in [0.25, 0.3) is 0 Å². The van der Waals surface area contributed by atoms with E-state index in [0.29, 0.717) is 16.9 Å². The van der Waals surface area contributed by atoms with E-state index >= 15 is 0 Å². The third-order valence-electron chi connectivity index (χ3n) is 5.54. The summed E-state index contributed by atoms with van der Waals surface area (Å²) in [4.78, 5) is 4.30. The normalized spacial score (nSPS) is 37.3. The molecule has 1 aromatic heterocycles. The standard InChI is InChI=1S/C14H24N4/c1-13(2)10-5-6-14(3,7-10)12(13)15-8-11-16-9-17-18(11)4/h9-10,12,15H,5-8H2,1-4H3. The van der Waals surface area contributed by atoms with E-state index in [-0.39, 0.29) is 0 Å². The molecule has 1 aromatic rings. The van der Waals surface area contributed by atoms with E-state index < -0.39 is 0 Å². The molecule has 2 aliphatic rings. The van der Waals surface area contributed by atoms with E-state index in [9.17, 15) is 0 Å². The number of rotatable bonds is 3. The summed E-state index contributed by atoms with van der Waals surface area (Å²) in [6.45, 7) is 8.13. The summed E-state index contributed by atoms with van der Waals surface area (Å²) in [7, 11) is 1.96. The molecule has 0 radical (unpaired) electrons. The lowest BCUT2D eigenvalue weighted by atomic mass is 9.68. The SMILES string of the molecule is Cn1ncnc1CNC1C2(C)CCC(C2)C1(C)C. The van der Waals surface area contributed by atoms with Crippen molar-refractivity contribution in [1.29, 1.82) is 0 Å². The minimum Gasteiger partial charge on any atom is -0.306 e. The zero-order valence-corrected chi connectivity index (χ0v) is 11.9. The maximum absolute atomic E-state index is 4.30. The maximum Gasteiger partial charge on any atom is 0.140 e. The third kappa shape index (κ3) is 1.62. The van der Waals surface area contributed by atoms with Gasteiger partial charge in [-0.15, -0.1) is 0 Å². The minimum atomic E-state index is 0.408. The molecule has 2 bridgehead atoms. The van der Waals surface area contributed by atoms with E-state index in [0.717, 1.165) is 18.3 Å². The van der Waals surface area contributed by atoms with E-state index in [1.165, 1.54) is 19.3 Å². The van der Waals surface area contributed by atoms with Gasteiger partial charge in [0.15, 0.2) is 0 Å². The number of hydrogen-bond donors (Lipinski definition) is 1. The molecular formula is C14H24N4. The van der Waals surface area contributed by atoms with Crippen LogP contribution in [0.4, 0.5) is 0 Å². The van der Waals surface area contributed by atoms with Crippen molar-refractivity contribution in [3.05, 3.63) is 12.2 Å². The molecule has 0 spiro atoms. The Kier molecular flexibility index (Phi) is 2.56. The van der Waals surface area contributed by atoms with Gasteiger partial charge in [0, 0.05) is 13.1 Å². The van der Waals surface area contributed by atoms with Crippen LogP contribution in [0.1, 0.15) is 45.9 Å². The van der Waals surface area contributed by atoms with Gasteiger partial charge in [0.1, 0.15) is 12.2 Å². The molecule has 1 heterocycles. The Balaban J connectivity index is 1.74. The van der Waals surface area contributed by atoms with Crippen LogP contribution in [-0.4, -0.2) is 20.8 Å². The van der Waals surface area contributed by atoms with Gasteiger partial charge in [-0.05, 0) is 36.0 Å². The summed E-state index contributed by atoms with van der Waals surface area (Å²) in [6, 6.07) is 0.598. The van der Waals surface area contributed by atoms with Gasteiger partial charge in [-0.25, -0.2) is 4.98 Å². The van der Waals surface area contributed by atoms with Crippen LogP contribution in [0.15, 0.2) is 6.33 Å². The summed E-state index contributed by atoms with van der Waals surface area (Å²) in [6.07, 6.45) is 5.80. The zero-order valence-electron chi connectivity index (χ0n) is 11.9. The molecule has 2 aliphatic carbocycles. The van der Waals surface area contributed by atoms with Crippen LogP contribution < -0.4 is 5.32 Å². The molecule has 0 aromatic carbocycles. The molecule has 100 valence electrons. The molecule has 18 heavy (non-hydrogen) atoms. The van der Waals surface area contributed by atoms with Crippen LogP contribution in [0.25, 0.3) is 0 Å². The monoisotopic (exact) mass is 248 g/mol. The fraction of sp³-hybridized carbons (Fsp3) is 0.857. The molecule has 0 saturated heterocycles. The topological polar surface area (TPSA) is 42.7 Å². The number of aromatic nitrogens is 3. The largest absolute Gasteiger partial charge is 0.306 e. The van der Waals surface area contributed by atoms with Crippen molar-refractivity contribution in [2.24, 2.45) is 23.8 Å². The fourth-order valence-corrected chi connectivity index (χ4v) is 4.49. The second-order valence-corrected chi connectivity index (χ2v) is 7.03. The zero-order chi connectivity index (χ0) is 13.0. The molecule has 3 rings (SSSR count). The molecule has 2 fully saturated rings. The van der Waals surface area contributed by atoms with Gasteiger partial charge < -0.3 is 5.32 Å². The molecule has 0 aliphatic heterocycles. The van der Waals surface area contributed by atoms with E-state index in [1.807, 2.05) is 11.7 Å². The number of fused-ring (bicyclic) bond motifs is 2. The van der Waals surface area contributed by atoms with Gasteiger partial charge in [-0.1, -0.05) is 20.8 Å². The summed E-state index contributed by atoms with van der Waals surface area (Å²) < 4.78 is 1.86. The molecule has 3 atom stereocenters. The van der Waals surface area contributed by atoms with Crippen LogP contribution in [0.3, 0.4) is 0 Å². The highest BCUT2D eigenvalue weighted by atomic mass is 15.3. The van der Waals surface area contributed by atoms with E-state index in [4.69, 9.17) is 0 Å². The first-order valence-corrected chi connectivity index (χ1v) is 7.00. The number of nitrogens with zero attached hydrogens (tertiary/aromatic N) is 3. The second kappa shape index (κ2) is 3.80. The number of hydrogen-bond acceptors (Lipinski definition) is 3. The lowest BCUT2D eigenvalue weighted by Gasteiger charge is -2.43. The Morgan fingerprint density at radius 3 is 2.78 bits per heavy atom. The van der Waals surface area contributed by atoms with Crippen molar-refractivity contribution in [2.45, 2.75) is 52.6 Å². The Bertz CT molecular complexity index is 446. The smallest absolute Gasteiger partial charge is 0.140 e. The van der Waals surface area contributed by atoms with Crippen LogP contribution in [0.2, 0.25) is 0 Å². The fourth-order valence-electron chi connectivity index (χ4n) is 4.49. The lowest BCUT2D eigenvalue weighted by molar-refractivity contribution is 0.107. The summed E-state index contributed by atoms with van der Waals surface area (Å²) in [5.41, 5.74) is 0.887. The van der Waals surface area contributed by atoms with Gasteiger partial charge >= 0.3 is 0 Å². The highest BCUT2D eigenvalue weighted by Crippen LogP contribution is 2.62. The van der Waals surface area contributed by atoms with Crippen LogP contribution >= 0.6 is 0 Å². The van der Waals surface area contributed by atoms with Crippen molar-refractivity contribution in [3.8, 4) is 0 Å². The lowest BCUT2D eigenvalue weighted by Crippen LogP contribution is -2.50. The van der Waals surface area contributed by atoms with Crippen molar-refractivity contribution < 1.29 is 0 Å². The van der Waals surface area contributed by atoms with Gasteiger partial charge in [0.2, 0.25) is 0 Å². The quantitative estimate of drug-likeness (QED) is 0.891. The van der Waals surface area contributed by atoms with Crippen LogP contribution in [0.5, 0.6) is 0 Å². The molecular weight excluding hydrogens is 224 g/mol. The van der Waals surface area contributed by atoms with Gasteiger partial charge in [0.05, 0.1) is 6.54 Å². The summed E-state index contributed by atoms with van der Waals surface area (Å²) >= 11 is 0. The average Bonchev–Trinajstić information content (AvgIpc) is 2.90. The molecule has 0 amide bonds. The number of aryl methyl sites for hydroxylation is 1. The third-order valence-corrected chi connectivity index (χ3v) is 5.54. The molecule has 3 unspecified atom stereocenters. The first-order valence-electron chi connectivity index (χ1n) is 7.00. The van der Waals surface area contributed by atoms with Crippen molar-refractivity contribution >= 4 is 0 Å². The first-order chi connectivity index (χ1) is 8.43. The highest BCUT2D eigenvalue weighted by molar-refractivity contribution is 5.12. The Hall–Kier alpha value is -0.900. The Morgan fingerprint density at radius 2 is 2.22 bits per heavy atom. The van der Waals surface area contributed by atoms with Crippen molar-refractivity contribution in [1.82, 2.24) is 20.1 Å². The number of nitrogens with one attached hydrogen (secondary N) is 1. The van der Waals surface area contributed by atoms with Gasteiger partial charge in [-0.2, -0.15) is 5.10 Å². The summed E-state index contributed by atoms with van der Waals surface area (Å²) in [5.74, 6) is 1.91. The molecule has 4 heteroatoms. The molecule has 4 nitrogen and oxygen atoms in total. The Morgan fingerprint density at radius 1 is 1.44 bits per heavy atom. The van der Waals surface area contributed by atoms with Crippen LogP contribution in [-0.2, 0) is 13.6 Å². The molecule has 2 saturated carbocycles. The van der Waals surface area contributed by atoms with Crippen LogP contribution in [0, 0.1) is 16.7 Å². The Labute approximate surface area is 109 Å². The van der Waals surface area contributed by atoms with E-state index in [1.54, 1.807) is 6.33 Å².